The van der Waals surface area contributed by atoms with Gasteiger partial charge in [0.05, 0.1) is 11.1 Å². The van der Waals surface area contributed by atoms with E-state index < -0.39 is 35.8 Å². The van der Waals surface area contributed by atoms with E-state index in [-0.39, 0.29) is 17.5 Å². The van der Waals surface area contributed by atoms with Gasteiger partial charge in [0.25, 0.3) is 23.6 Å². The average Bonchev–Trinajstić information content (AvgIpc) is 3.06. The molecular weight excluding hydrogens is 442 g/mol. The van der Waals surface area contributed by atoms with Crippen LogP contribution in [0.3, 0.4) is 0 Å². The first-order valence-electron chi connectivity index (χ1n) is 10.5. The van der Waals surface area contributed by atoms with Gasteiger partial charge in [-0.05, 0) is 68.5 Å². The fraction of sp³-hybridized carbons (Fsp3) is 0.333. The molecule has 1 heterocycles. The molecule has 0 saturated heterocycles. The maximum atomic E-state index is 12.9. The number of hydrazine groups is 1. The van der Waals surface area contributed by atoms with Gasteiger partial charge < -0.3 is 4.74 Å². The number of thioether (sulfide) groups is 1. The number of fused-ring (bicyclic) bond motifs is 1. The van der Waals surface area contributed by atoms with E-state index in [1.807, 2.05) is 32.2 Å². The van der Waals surface area contributed by atoms with Crippen LogP contribution < -0.4 is 15.6 Å². The molecule has 8 nitrogen and oxygen atoms in total. The molecule has 3 rings (SSSR count). The summed E-state index contributed by atoms with van der Waals surface area (Å²) in [6.45, 7) is 5.41. The molecule has 0 aliphatic carbocycles. The summed E-state index contributed by atoms with van der Waals surface area (Å²) in [7, 11) is 0. The van der Waals surface area contributed by atoms with Crippen LogP contribution in [0.25, 0.3) is 0 Å². The van der Waals surface area contributed by atoms with E-state index in [0.717, 1.165) is 16.0 Å². The summed E-state index contributed by atoms with van der Waals surface area (Å²) in [5.41, 5.74) is 7.19. The zero-order chi connectivity index (χ0) is 24.1. The average molecular weight is 470 g/mol. The second-order valence-corrected chi connectivity index (χ2v) is 8.75. The lowest BCUT2D eigenvalue weighted by atomic mass is 10.1. The Morgan fingerprint density at radius 1 is 0.970 bits per heavy atom. The Morgan fingerprint density at radius 2 is 1.58 bits per heavy atom. The Kier molecular flexibility index (Phi) is 7.75. The minimum atomic E-state index is -1.06. The first-order valence-corrected chi connectivity index (χ1v) is 11.9. The molecule has 0 aromatic heterocycles. The molecule has 0 saturated carbocycles. The monoisotopic (exact) mass is 469 g/mol. The van der Waals surface area contributed by atoms with E-state index in [2.05, 4.69) is 10.9 Å². The lowest BCUT2D eigenvalue weighted by molar-refractivity contribution is -0.134. The largest absolute Gasteiger partial charge is 0.481 e. The minimum Gasteiger partial charge on any atom is -0.481 e. The molecule has 2 aromatic carbocycles. The van der Waals surface area contributed by atoms with Gasteiger partial charge in [-0.15, -0.1) is 0 Å². The molecule has 0 spiro atoms. The lowest BCUT2D eigenvalue weighted by Crippen LogP contribution is -2.55. The predicted octanol–water partition coefficient (Wildman–Crippen LogP) is 2.64. The van der Waals surface area contributed by atoms with Crippen molar-refractivity contribution in [2.75, 3.05) is 12.0 Å². The van der Waals surface area contributed by atoms with Gasteiger partial charge in [0.15, 0.2) is 6.10 Å². The number of aryl methyl sites for hydroxylation is 1. The molecule has 1 aliphatic rings. The maximum absolute atomic E-state index is 12.9. The minimum absolute atomic E-state index is 0.253. The summed E-state index contributed by atoms with van der Waals surface area (Å²) in [4.78, 5) is 52.1. The summed E-state index contributed by atoms with van der Waals surface area (Å²) in [6, 6.07) is 11.0. The highest BCUT2D eigenvalue weighted by atomic mass is 32.2. The zero-order valence-corrected chi connectivity index (χ0v) is 19.8. The van der Waals surface area contributed by atoms with Crippen molar-refractivity contribution in [1.29, 1.82) is 0 Å². The van der Waals surface area contributed by atoms with Crippen LogP contribution in [0.4, 0.5) is 0 Å². The Labute approximate surface area is 197 Å². The van der Waals surface area contributed by atoms with Crippen molar-refractivity contribution in [3.8, 4) is 5.75 Å². The van der Waals surface area contributed by atoms with Crippen LogP contribution in [-0.4, -0.2) is 52.7 Å². The van der Waals surface area contributed by atoms with Crippen LogP contribution >= 0.6 is 11.8 Å². The Hall–Kier alpha value is -3.33. The third kappa shape index (κ3) is 5.19. The normalized spacial score (nSPS) is 14.5. The molecule has 1 aliphatic heterocycles. The second kappa shape index (κ2) is 10.5. The number of hydrogen-bond donors (Lipinski definition) is 2. The first-order chi connectivity index (χ1) is 15.8. The third-order valence-corrected chi connectivity index (χ3v) is 6.22. The van der Waals surface area contributed by atoms with Gasteiger partial charge in [0, 0.05) is 0 Å². The second-order valence-electron chi connectivity index (χ2n) is 7.76. The molecule has 0 bridgehead atoms. The van der Waals surface area contributed by atoms with Gasteiger partial charge in [-0.2, -0.15) is 11.8 Å². The molecule has 4 amide bonds. The quantitative estimate of drug-likeness (QED) is 0.455. The number of benzene rings is 2. The van der Waals surface area contributed by atoms with E-state index in [4.69, 9.17) is 4.74 Å². The van der Waals surface area contributed by atoms with E-state index in [0.29, 0.717) is 11.5 Å². The number of amides is 4. The van der Waals surface area contributed by atoms with Gasteiger partial charge in [0.1, 0.15) is 11.8 Å². The summed E-state index contributed by atoms with van der Waals surface area (Å²) in [5, 5.41) is 0. The van der Waals surface area contributed by atoms with Crippen molar-refractivity contribution in [3.63, 3.8) is 0 Å². The maximum Gasteiger partial charge on any atom is 0.279 e. The topological polar surface area (TPSA) is 105 Å². The van der Waals surface area contributed by atoms with Crippen LogP contribution in [0.15, 0.2) is 42.5 Å². The smallest absolute Gasteiger partial charge is 0.279 e. The van der Waals surface area contributed by atoms with Crippen LogP contribution in [0, 0.1) is 13.8 Å². The van der Waals surface area contributed by atoms with Crippen LogP contribution in [0.5, 0.6) is 5.75 Å². The van der Waals surface area contributed by atoms with Gasteiger partial charge in [-0.25, -0.2) is 0 Å². The van der Waals surface area contributed by atoms with Crippen molar-refractivity contribution < 1.29 is 23.9 Å². The number of nitrogens with zero attached hydrogens (tertiary/aromatic N) is 1. The van der Waals surface area contributed by atoms with Crippen molar-refractivity contribution in [2.45, 2.75) is 39.3 Å². The highest BCUT2D eigenvalue weighted by Gasteiger charge is 2.42. The molecule has 0 fully saturated rings. The molecular formula is C24H27N3O5S. The number of carbonyl (C=O) groups is 4. The first kappa shape index (κ1) is 24.3. The fourth-order valence-electron chi connectivity index (χ4n) is 3.50. The van der Waals surface area contributed by atoms with Crippen molar-refractivity contribution in [1.82, 2.24) is 15.8 Å². The van der Waals surface area contributed by atoms with Crippen LogP contribution in [0.2, 0.25) is 0 Å². The molecule has 174 valence electrons. The molecule has 0 unspecified atom stereocenters. The zero-order valence-electron chi connectivity index (χ0n) is 19.0. The molecule has 2 aromatic rings. The highest BCUT2D eigenvalue weighted by molar-refractivity contribution is 7.98. The number of hydrogen-bond acceptors (Lipinski definition) is 6. The summed E-state index contributed by atoms with van der Waals surface area (Å²) >= 11 is 1.49. The van der Waals surface area contributed by atoms with E-state index >= 15 is 0 Å². The van der Waals surface area contributed by atoms with Gasteiger partial charge >= 0.3 is 0 Å². The summed E-state index contributed by atoms with van der Waals surface area (Å²) < 4.78 is 5.74. The predicted molar refractivity (Wildman–Crippen MR) is 126 cm³/mol. The van der Waals surface area contributed by atoms with E-state index in [1.165, 1.54) is 11.8 Å². The van der Waals surface area contributed by atoms with E-state index in [1.54, 1.807) is 37.3 Å². The number of rotatable bonds is 8. The number of carbonyl (C=O) groups excluding carboxylic acids is 4. The fourth-order valence-corrected chi connectivity index (χ4v) is 3.96. The number of nitrogens with one attached hydrogen (secondary N) is 2. The van der Waals surface area contributed by atoms with Crippen LogP contribution in [0.1, 0.15) is 45.2 Å². The van der Waals surface area contributed by atoms with E-state index in [9.17, 15) is 19.2 Å². The Bertz CT molecular complexity index is 1050. The van der Waals surface area contributed by atoms with Crippen molar-refractivity contribution in [3.05, 3.63) is 64.7 Å². The van der Waals surface area contributed by atoms with Gasteiger partial charge in [-0.1, -0.05) is 24.3 Å². The molecule has 2 atom stereocenters. The SMILES string of the molecule is CSCC[C@@H](C(=O)NNC(=O)[C@H](C)Oc1cccc(C)c1C)N1C(=O)c2ccccc2C1=O. The Morgan fingerprint density at radius 3 is 2.18 bits per heavy atom. The summed E-state index contributed by atoms with van der Waals surface area (Å²) in [5.74, 6) is -1.12. The van der Waals surface area contributed by atoms with Gasteiger partial charge in [0.2, 0.25) is 0 Å². The molecule has 2 N–H and O–H groups in total. The summed E-state index contributed by atoms with van der Waals surface area (Å²) in [6.07, 6.45) is 1.24. The Balaban J connectivity index is 1.67. The van der Waals surface area contributed by atoms with Crippen molar-refractivity contribution >= 4 is 35.4 Å². The third-order valence-electron chi connectivity index (χ3n) is 5.57. The highest BCUT2D eigenvalue weighted by Crippen LogP contribution is 2.26. The molecule has 33 heavy (non-hydrogen) atoms. The van der Waals surface area contributed by atoms with Gasteiger partial charge in [-0.3, -0.25) is 34.9 Å². The van der Waals surface area contributed by atoms with Crippen LogP contribution in [-0.2, 0) is 9.59 Å². The number of ether oxygens (including phenoxy) is 1. The standard InChI is InChI=1S/C24H27N3O5S/c1-14-8-7-11-20(15(14)2)32-16(3)21(28)25-26-22(29)19(12-13-33-4)27-23(30)17-9-5-6-10-18(17)24(27)31/h5-11,16,19H,12-13H2,1-4H3,(H,25,28)(H,26,29)/t16-,19-/m0/s1. The lowest BCUT2D eigenvalue weighted by Gasteiger charge is -2.25. The molecule has 0 radical (unpaired) electrons. The molecule has 9 heteroatoms. The number of imide groups is 1. The van der Waals surface area contributed by atoms with Crippen molar-refractivity contribution in [2.24, 2.45) is 0 Å².